The molecule has 186 valence electrons. The van der Waals surface area contributed by atoms with Crippen LogP contribution in [0.3, 0.4) is 0 Å². The molecule has 0 aliphatic rings. The van der Waals surface area contributed by atoms with E-state index in [1.165, 1.54) is 23.7 Å². The zero-order chi connectivity index (χ0) is 26.0. The van der Waals surface area contributed by atoms with Gasteiger partial charge in [-0.25, -0.2) is 0 Å². The first-order valence-electron chi connectivity index (χ1n) is 11.3. The van der Waals surface area contributed by atoms with Gasteiger partial charge in [-0.1, -0.05) is 18.2 Å². The van der Waals surface area contributed by atoms with E-state index in [1.807, 2.05) is 48.6 Å². The Bertz CT molecular complexity index is 1600. The Kier molecular flexibility index (Phi) is 6.31. The van der Waals surface area contributed by atoms with Crippen LogP contribution in [0.2, 0.25) is 0 Å². The van der Waals surface area contributed by atoms with Crippen LogP contribution in [-0.4, -0.2) is 30.9 Å². The number of rotatable bonds is 6. The zero-order valence-corrected chi connectivity index (χ0v) is 19.6. The molecule has 0 aliphatic carbocycles. The molecule has 0 atom stereocenters. The van der Waals surface area contributed by atoms with Crippen molar-refractivity contribution in [2.45, 2.75) is 19.6 Å². The molecule has 0 spiro atoms. The zero-order valence-electron chi connectivity index (χ0n) is 19.6. The minimum atomic E-state index is -4.49. The van der Waals surface area contributed by atoms with E-state index in [0.29, 0.717) is 0 Å². The number of amides is 1. The molecule has 5 rings (SSSR count). The molecule has 0 bridgehead atoms. The number of halogens is 3. The van der Waals surface area contributed by atoms with Gasteiger partial charge in [0.25, 0.3) is 0 Å². The fourth-order valence-electron chi connectivity index (χ4n) is 3.94. The SMILES string of the molecule is Cc1ccc(NC(=O)Cn2cc(-c3ccc4c(/C=C/c5ccccn5)n[nH]c4c3)cn2)cc1C(F)(F)F. The maximum absolute atomic E-state index is 13.1. The van der Waals surface area contributed by atoms with E-state index in [9.17, 15) is 18.0 Å². The van der Waals surface area contributed by atoms with Crippen LogP contribution in [-0.2, 0) is 17.5 Å². The van der Waals surface area contributed by atoms with E-state index >= 15 is 0 Å². The van der Waals surface area contributed by atoms with Gasteiger partial charge in [-0.2, -0.15) is 23.4 Å². The van der Waals surface area contributed by atoms with Crippen molar-refractivity contribution in [2.24, 2.45) is 0 Å². The number of pyridine rings is 1. The van der Waals surface area contributed by atoms with Gasteiger partial charge in [-0.3, -0.25) is 19.6 Å². The van der Waals surface area contributed by atoms with E-state index in [2.05, 4.69) is 25.6 Å². The molecule has 2 aromatic carbocycles. The molecule has 10 heteroatoms. The molecule has 5 aromatic rings. The van der Waals surface area contributed by atoms with Crippen molar-refractivity contribution < 1.29 is 18.0 Å². The third kappa shape index (κ3) is 5.43. The number of aromatic amines is 1. The minimum absolute atomic E-state index is 0.0768. The van der Waals surface area contributed by atoms with Crippen molar-refractivity contribution in [3.8, 4) is 11.1 Å². The Balaban J connectivity index is 1.28. The van der Waals surface area contributed by atoms with Crippen LogP contribution >= 0.6 is 0 Å². The summed E-state index contributed by atoms with van der Waals surface area (Å²) in [7, 11) is 0. The van der Waals surface area contributed by atoms with Crippen LogP contribution in [0.25, 0.3) is 34.2 Å². The highest BCUT2D eigenvalue weighted by molar-refractivity contribution is 5.92. The average molecular weight is 503 g/mol. The maximum atomic E-state index is 13.1. The van der Waals surface area contributed by atoms with E-state index in [4.69, 9.17) is 0 Å². The second kappa shape index (κ2) is 9.73. The summed E-state index contributed by atoms with van der Waals surface area (Å²) in [6.07, 6.45) is 4.34. The summed E-state index contributed by atoms with van der Waals surface area (Å²) >= 11 is 0. The molecule has 3 aromatic heterocycles. The summed E-state index contributed by atoms with van der Waals surface area (Å²) in [4.78, 5) is 16.7. The first-order valence-corrected chi connectivity index (χ1v) is 11.3. The molecule has 0 unspecified atom stereocenters. The highest BCUT2D eigenvalue weighted by Gasteiger charge is 2.32. The quantitative estimate of drug-likeness (QED) is 0.300. The van der Waals surface area contributed by atoms with Crippen molar-refractivity contribution in [1.29, 1.82) is 0 Å². The fraction of sp³-hybridized carbons (Fsp3) is 0.111. The molecule has 0 saturated heterocycles. The van der Waals surface area contributed by atoms with Crippen LogP contribution in [0.4, 0.5) is 18.9 Å². The Hall–Kier alpha value is -4.73. The number of benzene rings is 2. The van der Waals surface area contributed by atoms with Gasteiger partial charge >= 0.3 is 6.18 Å². The van der Waals surface area contributed by atoms with Crippen LogP contribution in [0.15, 0.2) is 73.2 Å². The van der Waals surface area contributed by atoms with E-state index in [-0.39, 0.29) is 17.8 Å². The second-order valence-electron chi connectivity index (χ2n) is 8.46. The first kappa shape index (κ1) is 24.0. The topological polar surface area (TPSA) is 88.5 Å². The Labute approximate surface area is 209 Å². The number of carbonyl (C=O) groups excluding carboxylic acids is 1. The standard InChI is InChI=1S/C27H21F3N6O/c1-17-5-7-21(13-23(17)27(28,29)30)33-26(37)16-36-15-19(14-32-36)18-6-9-22-24(34-35-25(22)12-18)10-8-20-4-2-3-11-31-20/h2-15H,16H2,1H3,(H,33,37)(H,34,35)/b10-8+. The number of anilines is 1. The maximum Gasteiger partial charge on any atom is 0.416 e. The van der Waals surface area contributed by atoms with Gasteiger partial charge in [0.05, 0.1) is 28.7 Å². The van der Waals surface area contributed by atoms with Crippen LogP contribution in [0.1, 0.15) is 22.5 Å². The highest BCUT2D eigenvalue weighted by atomic mass is 19.4. The molecule has 7 nitrogen and oxygen atoms in total. The van der Waals surface area contributed by atoms with E-state index in [0.717, 1.165) is 39.5 Å². The summed E-state index contributed by atoms with van der Waals surface area (Å²) in [5.41, 5.74) is 3.49. The number of aromatic nitrogens is 5. The molecule has 0 radical (unpaired) electrons. The van der Waals surface area contributed by atoms with Crippen LogP contribution in [0, 0.1) is 6.92 Å². The smallest absolute Gasteiger partial charge is 0.324 e. The minimum Gasteiger partial charge on any atom is -0.324 e. The van der Waals surface area contributed by atoms with Crippen LogP contribution in [0.5, 0.6) is 0 Å². The molecule has 1 amide bonds. The lowest BCUT2D eigenvalue weighted by Crippen LogP contribution is -2.19. The van der Waals surface area contributed by atoms with Crippen molar-refractivity contribution in [1.82, 2.24) is 25.0 Å². The Morgan fingerprint density at radius 1 is 1.08 bits per heavy atom. The van der Waals surface area contributed by atoms with Crippen molar-refractivity contribution in [2.75, 3.05) is 5.32 Å². The number of nitrogens with zero attached hydrogens (tertiary/aromatic N) is 4. The molecule has 37 heavy (non-hydrogen) atoms. The number of alkyl halides is 3. The molecule has 0 aliphatic heterocycles. The summed E-state index contributed by atoms with van der Waals surface area (Å²) in [5.74, 6) is -0.486. The van der Waals surface area contributed by atoms with E-state index in [1.54, 1.807) is 18.6 Å². The number of aryl methyl sites for hydroxylation is 1. The summed E-state index contributed by atoms with van der Waals surface area (Å²) < 4.78 is 40.9. The number of hydrogen-bond acceptors (Lipinski definition) is 4. The monoisotopic (exact) mass is 502 g/mol. The number of nitrogens with one attached hydrogen (secondary N) is 2. The fourth-order valence-corrected chi connectivity index (χ4v) is 3.94. The largest absolute Gasteiger partial charge is 0.416 e. The molecule has 2 N–H and O–H groups in total. The van der Waals surface area contributed by atoms with Gasteiger partial charge in [-0.15, -0.1) is 0 Å². The van der Waals surface area contributed by atoms with E-state index < -0.39 is 17.6 Å². The molecule has 0 fully saturated rings. The number of H-pyrrole nitrogens is 1. The Morgan fingerprint density at radius 2 is 1.95 bits per heavy atom. The predicted octanol–water partition coefficient (Wildman–Crippen LogP) is 5.96. The van der Waals surface area contributed by atoms with Gasteiger partial charge in [0, 0.05) is 29.0 Å². The normalized spacial score (nSPS) is 11.9. The van der Waals surface area contributed by atoms with Crippen molar-refractivity contribution in [3.63, 3.8) is 0 Å². The van der Waals surface area contributed by atoms with Crippen LogP contribution < -0.4 is 5.32 Å². The third-order valence-corrected chi connectivity index (χ3v) is 5.79. The average Bonchev–Trinajstić information content (AvgIpc) is 3.50. The van der Waals surface area contributed by atoms with Gasteiger partial charge in [0.15, 0.2) is 0 Å². The Morgan fingerprint density at radius 3 is 2.73 bits per heavy atom. The summed E-state index contributed by atoms with van der Waals surface area (Å²) in [5, 5.41) is 15.1. The number of carbonyl (C=O) groups is 1. The highest BCUT2D eigenvalue weighted by Crippen LogP contribution is 2.33. The molecular formula is C27H21F3N6O. The molecule has 3 heterocycles. The van der Waals surface area contributed by atoms with Gasteiger partial charge in [-0.05, 0) is 66.6 Å². The number of fused-ring (bicyclic) bond motifs is 1. The molecule has 0 saturated carbocycles. The summed E-state index contributed by atoms with van der Waals surface area (Å²) in [6, 6.07) is 15.2. The summed E-state index contributed by atoms with van der Waals surface area (Å²) in [6.45, 7) is 1.23. The number of hydrogen-bond donors (Lipinski definition) is 2. The second-order valence-corrected chi connectivity index (χ2v) is 8.46. The lowest BCUT2D eigenvalue weighted by molar-refractivity contribution is -0.138. The van der Waals surface area contributed by atoms with Crippen molar-refractivity contribution >= 4 is 34.6 Å². The van der Waals surface area contributed by atoms with Gasteiger partial charge in [0.1, 0.15) is 6.54 Å². The third-order valence-electron chi connectivity index (χ3n) is 5.79. The first-order chi connectivity index (χ1) is 17.8. The molecular weight excluding hydrogens is 481 g/mol. The lowest BCUT2D eigenvalue weighted by Gasteiger charge is -2.12. The lowest BCUT2D eigenvalue weighted by atomic mass is 10.1. The predicted molar refractivity (Wildman–Crippen MR) is 135 cm³/mol. The van der Waals surface area contributed by atoms with Gasteiger partial charge < -0.3 is 5.32 Å². The van der Waals surface area contributed by atoms with Gasteiger partial charge in [0.2, 0.25) is 5.91 Å². The van der Waals surface area contributed by atoms with Crippen molar-refractivity contribution in [3.05, 3.63) is 95.7 Å².